The molecule has 9 heteroatoms. The Hall–Kier alpha value is -2.31. The van der Waals surface area contributed by atoms with Crippen LogP contribution in [0.2, 0.25) is 5.02 Å². The second-order valence-corrected chi connectivity index (χ2v) is 9.41. The van der Waals surface area contributed by atoms with Crippen molar-refractivity contribution < 1.29 is 19.1 Å². The van der Waals surface area contributed by atoms with E-state index in [2.05, 4.69) is 15.5 Å². The number of hydrogen-bond acceptors (Lipinski definition) is 4. The van der Waals surface area contributed by atoms with Gasteiger partial charge < -0.3 is 19.8 Å². The van der Waals surface area contributed by atoms with Gasteiger partial charge in [0.2, 0.25) is 0 Å². The number of rotatable bonds is 9. The summed E-state index contributed by atoms with van der Waals surface area (Å²) in [6.07, 6.45) is 0.331. The molecular formula is C21H25ClN3O4P. The molecule has 0 aliphatic carbocycles. The van der Waals surface area contributed by atoms with E-state index in [1.807, 2.05) is 62.4 Å². The lowest BCUT2D eigenvalue weighted by Crippen LogP contribution is -2.05. The highest BCUT2D eigenvalue weighted by Crippen LogP contribution is 2.35. The van der Waals surface area contributed by atoms with Gasteiger partial charge in [-0.2, -0.15) is 5.10 Å². The smallest absolute Gasteiger partial charge is 0.325 e. The van der Waals surface area contributed by atoms with Crippen molar-refractivity contribution in [1.29, 1.82) is 0 Å². The van der Waals surface area contributed by atoms with Crippen molar-refractivity contribution in [2.75, 3.05) is 18.0 Å². The summed E-state index contributed by atoms with van der Waals surface area (Å²) >= 11 is 6.33. The molecule has 0 atom stereocenters. The maximum absolute atomic E-state index is 10.9. The first-order valence-electron chi connectivity index (χ1n) is 9.62. The summed E-state index contributed by atoms with van der Waals surface area (Å²) in [7, 11) is -3.94. The minimum Gasteiger partial charge on any atom is -0.489 e. The Kier molecular flexibility index (Phi) is 7.21. The third kappa shape index (κ3) is 6.34. The first kappa shape index (κ1) is 22.4. The number of aromatic nitrogens is 2. The van der Waals surface area contributed by atoms with E-state index >= 15 is 0 Å². The molecule has 7 nitrogen and oxygen atoms in total. The van der Waals surface area contributed by atoms with Gasteiger partial charge in [0, 0.05) is 17.8 Å². The van der Waals surface area contributed by atoms with Gasteiger partial charge in [-0.15, -0.1) is 0 Å². The zero-order valence-electron chi connectivity index (χ0n) is 16.8. The fraction of sp³-hybridized carbons (Fsp3) is 0.286. The van der Waals surface area contributed by atoms with Gasteiger partial charge in [-0.05, 0) is 62.2 Å². The Balaban J connectivity index is 1.64. The Bertz CT molecular complexity index is 1030. The Morgan fingerprint density at radius 1 is 1.13 bits per heavy atom. The fourth-order valence-corrected chi connectivity index (χ4v) is 3.71. The molecule has 30 heavy (non-hydrogen) atoms. The minimum atomic E-state index is -3.94. The van der Waals surface area contributed by atoms with Gasteiger partial charge in [0.25, 0.3) is 0 Å². The molecule has 0 spiro atoms. The van der Waals surface area contributed by atoms with Gasteiger partial charge in [-0.25, -0.2) is 0 Å². The predicted octanol–water partition coefficient (Wildman–Crippen LogP) is 5.16. The third-order valence-electron chi connectivity index (χ3n) is 4.32. The van der Waals surface area contributed by atoms with Crippen LogP contribution in [0.4, 0.5) is 5.69 Å². The van der Waals surface area contributed by atoms with Gasteiger partial charge in [0.15, 0.2) is 0 Å². The summed E-state index contributed by atoms with van der Waals surface area (Å²) in [5.41, 5.74) is 4.40. The van der Waals surface area contributed by atoms with Crippen molar-refractivity contribution >= 4 is 24.9 Å². The molecule has 1 aromatic heterocycles. The number of ether oxygens (including phenoxy) is 1. The fourth-order valence-electron chi connectivity index (χ4n) is 2.91. The highest BCUT2D eigenvalue weighted by molar-refractivity contribution is 7.51. The van der Waals surface area contributed by atoms with Crippen LogP contribution in [0.1, 0.15) is 20.3 Å². The molecule has 0 saturated carbocycles. The van der Waals surface area contributed by atoms with E-state index in [1.54, 1.807) is 0 Å². The SMILES string of the molecule is CC(C)Oc1ccc(-c2cc(-c3ccc(NCCCP(=O)(O)O)cc3)[nH]n2)cc1Cl. The van der Waals surface area contributed by atoms with Crippen LogP contribution < -0.4 is 10.1 Å². The van der Waals surface area contributed by atoms with Crippen molar-refractivity contribution in [3.63, 3.8) is 0 Å². The quantitative estimate of drug-likeness (QED) is 0.265. The van der Waals surface area contributed by atoms with E-state index < -0.39 is 7.60 Å². The average Bonchev–Trinajstić information content (AvgIpc) is 3.16. The summed E-state index contributed by atoms with van der Waals surface area (Å²) in [6, 6.07) is 15.3. The number of hydrogen-bond donors (Lipinski definition) is 4. The summed E-state index contributed by atoms with van der Waals surface area (Å²) in [5, 5.41) is 11.1. The van der Waals surface area contributed by atoms with Crippen molar-refractivity contribution in [2.45, 2.75) is 26.4 Å². The maximum atomic E-state index is 10.9. The lowest BCUT2D eigenvalue weighted by molar-refractivity contribution is 0.242. The third-order valence-corrected chi connectivity index (χ3v) is 5.51. The molecule has 4 N–H and O–H groups in total. The molecule has 0 unspecified atom stereocenters. The number of aromatic amines is 1. The molecule has 0 radical (unpaired) electrons. The topological polar surface area (TPSA) is 107 Å². The number of benzene rings is 2. The van der Waals surface area contributed by atoms with E-state index in [1.165, 1.54) is 0 Å². The van der Waals surface area contributed by atoms with Crippen LogP contribution in [-0.4, -0.2) is 38.8 Å². The first-order chi connectivity index (χ1) is 14.2. The number of H-pyrrole nitrogens is 1. The Morgan fingerprint density at radius 3 is 2.47 bits per heavy atom. The van der Waals surface area contributed by atoms with E-state index in [9.17, 15) is 4.57 Å². The van der Waals surface area contributed by atoms with Gasteiger partial charge in [0.1, 0.15) is 5.75 Å². The van der Waals surface area contributed by atoms with E-state index in [0.717, 1.165) is 28.2 Å². The van der Waals surface area contributed by atoms with Crippen LogP contribution in [0.25, 0.3) is 22.5 Å². The molecule has 0 fully saturated rings. The summed E-state index contributed by atoms with van der Waals surface area (Å²) < 4.78 is 16.5. The predicted molar refractivity (Wildman–Crippen MR) is 120 cm³/mol. The van der Waals surface area contributed by atoms with Crippen molar-refractivity contribution in [3.8, 4) is 28.3 Å². The Morgan fingerprint density at radius 2 is 1.83 bits per heavy atom. The lowest BCUT2D eigenvalue weighted by atomic mass is 10.1. The Labute approximate surface area is 180 Å². The van der Waals surface area contributed by atoms with Crippen molar-refractivity contribution in [2.24, 2.45) is 0 Å². The lowest BCUT2D eigenvalue weighted by Gasteiger charge is -2.11. The minimum absolute atomic E-state index is 0.0499. The number of nitrogens with one attached hydrogen (secondary N) is 2. The molecule has 0 bridgehead atoms. The molecule has 2 aromatic carbocycles. The van der Waals surface area contributed by atoms with Crippen molar-refractivity contribution in [3.05, 3.63) is 53.6 Å². The molecule has 160 valence electrons. The van der Waals surface area contributed by atoms with Crippen LogP contribution >= 0.6 is 19.2 Å². The van der Waals surface area contributed by atoms with Crippen LogP contribution in [0.15, 0.2) is 48.5 Å². The van der Waals surface area contributed by atoms with Crippen molar-refractivity contribution in [1.82, 2.24) is 10.2 Å². The largest absolute Gasteiger partial charge is 0.489 e. The van der Waals surface area contributed by atoms with Crippen LogP contribution in [0, 0.1) is 0 Å². The second kappa shape index (κ2) is 9.67. The molecular weight excluding hydrogens is 425 g/mol. The molecule has 3 aromatic rings. The van der Waals surface area contributed by atoms with Crippen LogP contribution in [0.3, 0.4) is 0 Å². The molecule has 3 rings (SSSR count). The zero-order chi connectivity index (χ0) is 21.7. The number of anilines is 1. The molecule has 0 aliphatic rings. The van der Waals surface area contributed by atoms with E-state index in [0.29, 0.717) is 23.7 Å². The molecule has 0 aliphatic heterocycles. The molecule has 1 heterocycles. The standard InChI is InChI=1S/C21H25ClN3O4P/c1-14(2)29-21-9-6-16(12-18(21)22)20-13-19(24-25-20)15-4-7-17(8-5-15)23-10-3-11-30(26,27)28/h4-9,12-14,23H,3,10-11H2,1-2H3,(H,24,25)(H2,26,27,28). The summed E-state index contributed by atoms with van der Waals surface area (Å²) in [6.45, 7) is 4.40. The number of halogens is 1. The van der Waals surface area contributed by atoms with Crippen LogP contribution in [-0.2, 0) is 4.57 Å². The van der Waals surface area contributed by atoms with Crippen LogP contribution in [0.5, 0.6) is 5.75 Å². The molecule has 0 amide bonds. The number of nitrogens with zero attached hydrogens (tertiary/aromatic N) is 1. The van der Waals surface area contributed by atoms with E-state index in [4.69, 9.17) is 26.1 Å². The van der Waals surface area contributed by atoms with E-state index in [-0.39, 0.29) is 12.3 Å². The maximum Gasteiger partial charge on any atom is 0.325 e. The monoisotopic (exact) mass is 449 g/mol. The highest BCUT2D eigenvalue weighted by atomic mass is 35.5. The summed E-state index contributed by atoms with van der Waals surface area (Å²) in [4.78, 5) is 17.8. The zero-order valence-corrected chi connectivity index (χ0v) is 18.5. The van der Waals surface area contributed by atoms with Gasteiger partial charge in [-0.1, -0.05) is 23.7 Å². The normalized spacial score (nSPS) is 11.7. The van der Waals surface area contributed by atoms with Gasteiger partial charge in [0.05, 0.1) is 28.7 Å². The second-order valence-electron chi connectivity index (χ2n) is 7.22. The highest BCUT2D eigenvalue weighted by Gasteiger charge is 2.12. The average molecular weight is 450 g/mol. The first-order valence-corrected chi connectivity index (χ1v) is 11.8. The van der Waals surface area contributed by atoms with Gasteiger partial charge in [-0.3, -0.25) is 9.66 Å². The van der Waals surface area contributed by atoms with Gasteiger partial charge >= 0.3 is 7.60 Å². The summed E-state index contributed by atoms with van der Waals surface area (Å²) in [5.74, 6) is 0.648. The molecule has 0 saturated heterocycles.